The molecule has 0 aromatic carbocycles. The zero-order valence-corrected chi connectivity index (χ0v) is 8.25. The molecule has 1 unspecified atom stereocenters. The summed E-state index contributed by atoms with van der Waals surface area (Å²) in [4.78, 5) is 22.0. The van der Waals surface area contributed by atoms with Gasteiger partial charge in [-0.1, -0.05) is 13.8 Å². The van der Waals surface area contributed by atoms with Crippen LogP contribution in [0.3, 0.4) is 0 Å². The number of hydrogen-bond donors (Lipinski definition) is 0. The zero-order chi connectivity index (χ0) is 10.7. The van der Waals surface area contributed by atoms with Gasteiger partial charge in [0.05, 0.1) is 13.2 Å². The Hall–Kier alpha value is -1.37. The van der Waals surface area contributed by atoms with Gasteiger partial charge in [-0.05, 0) is 6.92 Å². The van der Waals surface area contributed by atoms with E-state index in [1.807, 2.05) is 6.07 Å². The van der Waals surface area contributed by atoms with E-state index in [9.17, 15) is 9.59 Å². The Kier molecular flexibility index (Phi) is 3.19. The van der Waals surface area contributed by atoms with Crippen LogP contribution < -0.4 is 0 Å². The van der Waals surface area contributed by atoms with Gasteiger partial charge in [0.25, 0.3) is 0 Å². The maximum atomic E-state index is 11.3. The minimum absolute atomic E-state index is 0.590. The summed E-state index contributed by atoms with van der Waals surface area (Å²) >= 11 is 0. The molecular formula is C9H13NO3. The average molecular weight is 183 g/mol. The fourth-order valence-corrected chi connectivity index (χ4v) is 0.775. The van der Waals surface area contributed by atoms with Crippen LogP contribution in [0.2, 0.25) is 0 Å². The summed E-state index contributed by atoms with van der Waals surface area (Å²) in [6.45, 7) is 4.45. The van der Waals surface area contributed by atoms with Gasteiger partial charge in [0.2, 0.25) is 0 Å². The van der Waals surface area contributed by atoms with Crippen LogP contribution in [0.4, 0.5) is 0 Å². The fourth-order valence-electron chi connectivity index (χ4n) is 0.775. The second-order valence-electron chi connectivity index (χ2n) is 3.57. The SMILES string of the molecule is COC(=O)C(C)(C#N)C(C)(C)C=O. The average Bonchev–Trinajstić information content (AvgIpc) is 2.14. The van der Waals surface area contributed by atoms with Gasteiger partial charge in [0.1, 0.15) is 6.29 Å². The van der Waals surface area contributed by atoms with Gasteiger partial charge in [-0.3, -0.25) is 4.79 Å². The Morgan fingerprint density at radius 1 is 1.46 bits per heavy atom. The maximum Gasteiger partial charge on any atom is 0.326 e. The number of rotatable bonds is 3. The molecule has 13 heavy (non-hydrogen) atoms. The molecular weight excluding hydrogens is 170 g/mol. The van der Waals surface area contributed by atoms with Gasteiger partial charge in [0.15, 0.2) is 5.41 Å². The predicted molar refractivity (Wildman–Crippen MR) is 45.6 cm³/mol. The number of ether oxygens (including phenoxy) is 1. The first-order valence-electron chi connectivity index (χ1n) is 3.81. The van der Waals surface area contributed by atoms with Crippen LogP contribution in [0.5, 0.6) is 0 Å². The van der Waals surface area contributed by atoms with Gasteiger partial charge in [-0.25, -0.2) is 0 Å². The molecule has 0 aliphatic heterocycles. The maximum absolute atomic E-state index is 11.3. The van der Waals surface area contributed by atoms with Crippen molar-refractivity contribution in [1.82, 2.24) is 0 Å². The first kappa shape index (κ1) is 11.6. The number of carbonyl (C=O) groups excluding carboxylic acids is 2. The molecule has 0 fully saturated rings. The minimum atomic E-state index is -1.43. The van der Waals surface area contributed by atoms with E-state index in [1.54, 1.807) is 0 Å². The van der Waals surface area contributed by atoms with Crippen LogP contribution in [0.1, 0.15) is 20.8 Å². The van der Waals surface area contributed by atoms with E-state index >= 15 is 0 Å². The molecule has 0 bridgehead atoms. The molecule has 0 saturated carbocycles. The normalized spacial score (nSPS) is 15.3. The zero-order valence-electron chi connectivity index (χ0n) is 8.25. The van der Waals surface area contributed by atoms with Gasteiger partial charge >= 0.3 is 5.97 Å². The van der Waals surface area contributed by atoms with Crippen LogP contribution in [-0.4, -0.2) is 19.4 Å². The first-order chi connectivity index (χ1) is 5.85. The highest BCUT2D eigenvalue weighted by atomic mass is 16.5. The van der Waals surface area contributed by atoms with E-state index in [2.05, 4.69) is 4.74 Å². The van der Waals surface area contributed by atoms with Gasteiger partial charge < -0.3 is 9.53 Å². The summed E-state index contributed by atoms with van der Waals surface area (Å²) in [7, 11) is 1.19. The predicted octanol–water partition coefficient (Wildman–Crippen LogP) is 0.914. The van der Waals surface area contributed by atoms with Crippen molar-refractivity contribution in [1.29, 1.82) is 5.26 Å². The van der Waals surface area contributed by atoms with E-state index < -0.39 is 16.8 Å². The third kappa shape index (κ3) is 1.69. The van der Waals surface area contributed by atoms with Crippen molar-refractivity contribution >= 4 is 12.3 Å². The topological polar surface area (TPSA) is 67.2 Å². The summed E-state index contributed by atoms with van der Waals surface area (Å²) in [5, 5.41) is 8.84. The lowest BCUT2D eigenvalue weighted by Gasteiger charge is -2.31. The highest BCUT2D eigenvalue weighted by molar-refractivity contribution is 5.85. The third-order valence-corrected chi connectivity index (χ3v) is 2.40. The van der Waals surface area contributed by atoms with Crippen molar-refractivity contribution in [2.45, 2.75) is 20.8 Å². The Morgan fingerprint density at radius 3 is 2.15 bits per heavy atom. The van der Waals surface area contributed by atoms with Crippen LogP contribution >= 0.6 is 0 Å². The Balaban J connectivity index is 5.20. The third-order valence-electron chi connectivity index (χ3n) is 2.40. The molecule has 4 nitrogen and oxygen atoms in total. The molecule has 0 radical (unpaired) electrons. The quantitative estimate of drug-likeness (QED) is 0.482. The summed E-state index contributed by atoms with van der Waals surface area (Å²) in [6.07, 6.45) is 0.590. The number of nitriles is 1. The molecule has 0 rings (SSSR count). The van der Waals surface area contributed by atoms with E-state index in [-0.39, 0.29) is 0 Å². The number of nitrogens with zero attached hydrogens (tertiary/aromatic N) is 1. The van der Waals surface area contributed by atoms with Crippen molar-refractivity contribution in [3.8, 4) is 6.07 Å². The lowest BCUT2D eigenvalue weighted by atomic mass is 9.68. The highest BCUT2D eigenvalue weighted by Crippen LogP contribution is 2.37. The standard InChI is InChI=1S/C9H13NO3/c1-8(2,6-11)9(3,5-10)7(12)13-4/h6H,1-4H3. The Bertz CT molecular complexity index is 265. The minimum Gasteiger partial charge on any atom is -0.468 e. The van der Waals surface area contributed by atoms with E-state index in [0.29, 0.717) is 6.29 Å². The molecule has 4 heteroatoms. The summed E-state index contributed by atoms with van der Waals surface area (Å²) < 4.78 is 4.47. The molecule has 0 N–H and O–H groups in total. The molecule has 0 spiro atoms. The van der Waals surface area contributed by atoms with Gasteiger partial charge in [0, 0.05) is 5.41 Å². The summed E-state index contributed by atoms with van der Waals surface area (Å²) in [5.74, 6) is -0.688. The molecule has 1 atom stereocenters. The number of carbonyl (C=O) groups is 2. The van der Waals surface area contributed by atoms with Crippen molar-refractivity contribution in [2.75, 3.05) is 7.11 Å². The second kappa shape index (κ2) is 3.56. The Labute approximate surface area is 77.5 Å². The number of aldehydes is 1. The van der Waals surface area contributed by atoms with Crippen molar-refractivity contribution < 1.29 is 14.3 Å². The van der Waals surface area contributed by atoms with E-state index in [1.165, 1.54) is 27.9 Å². The van der Waals surface area contributed by atoms with E-state index in [0.717, 1.165) is 0 Å². The second-order valence-corrected chi connectivity index (χ2v) is 3.57. The van der Waals surface area contributed by atoms with Crippen LogP contribution in [0, 0.1) is 22.2 Å². The summed E-state index contributed by atoms with van der Waals surface area (Å²) in [6, 6.07) is 1.81. The fraction of sp³-hybridized carbons (Fsp3) is 0.667. The lowest BCUT2D eigenvalue weighted by Crippen LogP contribution is -2.42. The van der Waals surface area contributed by atoms with Crippen molar-refractivity contribution in [3.05, 3.63) is 0 Å². The van der Waals surface area contributed by atoms with E-state index in [4.69, 9.17) is 5.26 Å². The molecule has 0 saturated heterocycles. The molecule has 72 valence electrons. The number of esters is 1. The van der Waals surface area contributed by atoms with Crippen LogP contribution in [0.25, 0.3) is 0 Å². The molecule has 0 aliphatic carbocycles. The molecule has 0 aromatic rings. The van der Waals surface area contributed by atoms with Gasteiger partial charge in [-0.15, -0.1) is 0 Å². The smallest absolute Gasteiger partial charge is 0.326 e. The lowest BCUT2D eigenvalue weighted by molar-refractivity contribution is -0.156. The summed E-state index contributed by atoms with van der Waals surface area (Å²) in [5.41, 5.74) is -2.47. The van der Waals surface area contributed by atoms with Gasteiger partial charge in [-0.2, -0.15) is 5.26 Å². The monoisotopic (exact) mass is 183 g/mol. The largest absolute Gasteiger partial charge is 0.468 e. The van der Waals surface area contributed by atoms with Crippen molar-refractivity contribution in [2.24, 2.45) is 10.8 Å². The van der Waals surface area contributed by atoms with Crippen molar-refractivity contribution in [3.63, 3.8) is 0 Å². The highest BCUT2D eigenvalue weighted by Gasteiger charge is 2.49. The molecule has 0 aliphatic rings. The van der Waals surface area contributed by atoms with Crippen LogP contribution in [0.15, 0.2) is 0 Å². The number of hydrogen-bond acceptors (Lipinski definition) is 4. The first-order valence-corrected chi connectivity index (χ1v) is 3.81. The molecule has 0 amide bonds. The number of methoxy groups -OCH3 is 1. The van der Waals surface area contributed by atoms with Crippen LogP contribution in [-0.2, 0) is 14.3 Å². The Morgan fingerprint density at radius 2 is 1.92 bits per heavy atom. The molecule has 0 heterocycles. The molecule has 0 aromatic heterocycles.